The molecule has 2 N–H and O–H groups in total. The number of sulfonamides is 1. The van der Waals surface area contributed by atoms with E-state index in [0.717, 1.165) is 19.3 Å². The number of aliphatic hydroxyl groups excluding tert-OH is 1. The van der Waals surface area contributed by atoms with Gasteiger partial charge in [0.2, 0.25) is 0 Å². The molecule has 1 heterocycles. The highest BCUT2D eigenvalue weighted by atomic mass is 35.5. The Kier molecular flexibility index (Phi) is 5.28. The molecule has 0 aromatic heterocycles. The number of rotatable bonds is 4. The Morgan fingerprint density at radius 3 is 2.40 bits per heavy atom. The van der Waals surface area contributed by atoms with Gasteiger partial charge in [-0.3, -0.25) is 0 Å². The largest absolute Gasteiger partial charge is 0.392 e. The van der Waals surface area contributed by atoms with Gasteiger partial charge in [0.25, 0.3) is 10.0 Å². The van der Waals surface area contributed by atoms with Crippen molar-refractivity contribution in [3.8, 4) is 0 Å². The summed E-state index contributed by atoms with van der Waals surface area (Å²) in [5.74, 6) is 0. The van der Waals surface area contributed by atoms with Crippen molar-refractivity contribution in [1.82, 2.24) is 9.84 Å². The van der Waals surface area contributed by atoms with Gasteiger partial charge in [0.05, 0.1) is 11.6 Å². The number of nitrogens with one attached hydrogen (secondary N) is 1. The number of nitrogens with zero attached hydrogens (tertiary/aromatic N) is 1. The Morgan fingerprint density at radius 2 is 1.80 bits per heavy atom. The van der Waals surface area contributed by atoms with E-state index in [4.69, 9.17) is 28.3 Å². The summed E-state index contributed by atoms with van der Waals surface area (Å²) in [6.07, 6.45) is 3.02. The molecule has 5 nitrogen and oxygen atoms in total. The van der Waals surface area contributed by atoms with Gasteiger partial charge in [-0.05, 0) is 30.5 Å². The standard InChI is InChI=1S/C12H16Cl2N2O3S/c13-10-7-11(14)12(6-9(10)8-17)20(18,19)15-16-4-2-1-3-5-16/h6-7,15,17H,1-5,8H2. The summed E-state index contributed by atoms with van der Waals surface area (Å²) in [7, 11) is -3.77. The zero-order valence-electron chi connectivity index (χ0n) is 10.8. The van der Waals surface area contributed by atoms with Crippen LogP contribution in [0.25, 0.3) is 0 Å². The highest BCUT2D eigenvalue weighted by molar-refractivity contribution is 7.89. The molecule has 1 aromatic carbocycles. The number of hydrogen-bond acceptors (Lipinski definition) is 4. The SMILES string of the molecule is O=S(=O)(NN1CCCCC1)c1cc(CO)c(Cl)cc1Cl. The molecule has 0 radical (unpaired) electrons. The van der Waals surface area contributed by atoms with Crippen LogP contribution in [-0.4, -0.2) is 31.6 Å². The molecule has 1 aliphatic heterocycles. The van der Waals surface area contributed by atoms with Gasteiger partial charge >= 0.3 is 0 Å². The fraction of sp³-hybridized carbons (Fsp3) is 0.500. The van der Waals surface area contributed by atoms with Crippen LogP contribution in [0.4, 0.5) is 0 Å². The summed E-state index contributed by atoms with van der Waals surface area (Å²) in [6.45, 7) is 1.01. The molecule has 0 atom stereocenters. The van der Waals surface area contributed by atoms with E-state index in [0.29, 0.717) is 18.7 Å². The predicted molar refractivity (Wildman–Crippen MR) is 78.1 cm³/mol. The van der Waals surface area contributed by atoms with Crippen LogP contribution < -0.4 is 4.83 Å². The van der Waals surface area contributed by atoms with Gasteiger partial charge in [0, 0.05) is 18.1 Å². The van der Waals surface area contributed by atoms with Crippen LogP contribution in [0.1, 0.15) is 24.8 Å². The molecule has 0 saturated carbocycles. The molecule has 1 aliphatic rings. The molecule has 1 saturated heterocycles. The zero-order chi connectivity index (χ0) is 14.8. The number of benzene rings is 1. The number of piperidine rings is 1. The average Bonchev–Trinajstić information content (AvgIpc) is 2.39. The Bertz CT molecular complexity index is 587. The highest BCUT2D eigenvalue weighted by Crippen LogP contribution is 2.29. The van der Waals surface area contributed by atoms with E-state index < -0.39 is 10.0 Å². The first-order valence-corrected chi connectivity index (χ1v) is 8.54. The average molecular weight is 339 g/mol. The second-order valence-corrected chi connectivity index (χ2v) is 7.12. The van der Waals surface area contributed by atoms with Crippen LogP contribution in [0.3, 0.4) is 0 Å². The summed E-state index contributed by atoms with van der Waals surface area (Å²) in [5.41, 5.74) is 0.329. The van der Waals surface area contributed by atoms with Gasteiger partial charge in [-0.1, -0.05) is 29.6 Å². The Hall–Kier alpha value is -0.370. The minimum Gasteiger partial charge on any atom is -0.392 e. The molecule has 1 aromatic rings. The quantitative estimate of drug-likeness (QED) is 0.882. The van der Waals surface area contributed by atoms with E-state index >= 15 is 0 Å². The van der Waals surface area contributed by atoms with Crippen LogP contribution in [-0.2, 0) is 16.6 Å². The van der Waals surface area contributed by atoms with Crippen molar-refractivity contribution in [2.45, 2.75) is 30.8 Å². The zero-order valence-corrected chi connectivity index (χ0v) is 13.1. The topological polar surface area (TPSA) is 69.6 Å². The fourth-order valence-electron chi connectivity index (χ4n) is 2.10. The maximum Gasteiger partial charge on any atom is 0.254 e. The van der Waals surface area contributed by atoms with Gasteiger partial charge < -0.3 is 5.11 Å². The first kappa shape index (κ1) is 16.0. The van der Waals surface area contributed by atoms with E-state index in [9.17, 15) is 8.42 Å². The molecular formula is C12H16Cl2N2O3S. The molecule has 1 fully saturated rings. The molecule has 0 amide bonds. The monoisotopic (exact) mass is 338 g/mol. The third-order valence-electron chi connectivity index (χ3n) is 3.17. The molecule has 0 bridgehead atoms. The van der Waals surface area contributed by atoms with Crippen molar-refractivity contribution < 1.29 is 13.5 Å². The minimum atomic E-state index is -3.77. The van der Waals surface area contributed by atoms with Crippen LogP contribution in [0.2, 0.25) is 10.0 Å². The number of hydrogen-bond donors (Lipinski definition) is 2. The van der Waals surface area contributed by atoms with Crippen molar-refractivity contribution in [2.24, 2.45) is 0 Å². The van der Waals surface area contributed by atoms with Crippen molar-refractivity contribution in [3.05, 3.63) is 27.7 Å². The lowest BCUT2D eigenvalue weighted by Gasteiger charge is -2.26. The lowest BCUT2D eigenvalue weighted by molar-refractivity contribution is 0.200. The first-order chi connectivity index (χ1) is 9.44. The minimum absolute atomic E-state index is 0.0386. The van der Waals surface area contributed by atoms with Crippen molar-refractivity contribution in [2.75, 3.05) is 13.1 Å². The maximum atomic E-state index is 12.3. The molecule has 20 heavy (non-hydrogen) atoms. The van der Waals surface area contributed by atoms with Crippen LogP contribution in [0.15, 0.2) is 17.0 Å². The summed E-state index contributed by atoms with van der Waals surface area (Å²) in [5, 5.41) is 11.1. The van der Waals surface area contributed by atoms with E-state index in [1.165, 1.54) is 12.1 Å². The van der Waals surface area contributed by atoms with E-state index in [1.54, 1.807) is 5.01 Å². The first-order valence-electron chi connectivity index (χ1n) is 6.30. The van der Waals surface area contributed by atoms with Gasteiger partial charge in [-0.25, -0.2) is 13.4 Å². The third kappa shape index (κ3) is 3.63. The van der Waals surface area contributed by atoms with Gasteiger partial charge in [0.1, 0.15) is 4.90 Å². The predicted octanol–water partition coefficient (Wildman–Crippen LogP) is 2.16. The summed E-state index contributed by atoms with van der Waals surface area (Å²) < 4.78 is 24.7. The Balaban J connectivity index is 2.28. The molecule has 8 heteroatoms. The Morgan fingerprint density at radius 1 is 1.15 bits per heavy atom. The fourth-order valence-corrected chi connectivity index (χ4v) is 4.08. The smallest absolute Gasteiger partial charge is 0.254 e. The summed E-state index contributed by atoms with van der Waals surface area (Å²) >= 11 is 11.8. The van der Waals surface area contributed by atoms with E-state index in [1.807, 2.05) is 0 Å². The number of hydrazine groups is 1. The van der Waals surface area contributed by atoms with Crippen LogP contribution in [0.5, 0.6) is 0 Å². The normalized spacial score (nSPS) is 17.4. The number of aliphatic hydroxyl groups is 1. The lowest BCUT2D eigenvalue weighted by Crippen LogP contribution is -2.44. The van der Waals surface area contributed by atoms with Gasteiger partial charge in [-0.15, -0.1) is 4.83 Å². The molecule has 112 valence electrons. The third-order valence-corrected chi connectivity index (χ3v) is 5.36. The van der Waals surface area contributed by atoms with E-state index in [-0.39, 0.29) is 21.5 Å². The maximum absolute atomic E-state index is 12.3. The van der Waals surface area contributed by atoms with Gasteiger partial charge in [-0.2, -0.15) is 0 Å². The van der Waals surface area contributed by atoms with Crippen molar-refractivity contribution in [1.29, 1.82) is 0 Å². The highest BCUT2D eigenvalue weighted by Gasteiger charge is 2.23. The second kappa shape index (κ2) is 6.60. The summed E-state index contributed by atoms with van der Waals surface area (Å²) in [6, 6.07) is 2.64. The van der Waals surface area contributed by atoms with E-state index in [2.05, 4.69) is 4.83 Å². The van der Waals surface area contributed by atoms with Gasteiger partial charge in [0.15, 0.2) is 0 Å². The second-order valence-electron chi connectivity index (χ2n) is 4.67. The molecule has 0 aliphatic carbocycles. The molecule has 2 rings (SSSR count). The molecular weight excluding hydrogens is 323 g/mol. The molecule has 0 spiro atoms. The van der Waals surface area contributed by atoms with Crippen molar-refractivity contribution in [3.63, 3.8) is 0 Å². The van der Waals surface area contributed by atoms with Crippen LogP contribution in [0, 0.1) is 0 Å². The van der Waals surface area contributed by atoms with Crippen molar-refractivity contribution >= 4 is 33.2 Å². The molecule has 0 unspecified atom stereocenters. The Labute approximate surface area is 128 Å². The number of halogens is 2. The summed E-state index contributed by atoms with van der Waals surface area (Å²) in [4.78, 5) is 2.45. The lowest BCUT2D eigenvalue weighted by atomic mass is 10.2. The van der Waals surface area contributed by atoms with Crippen LogP contribution >= 0.6 is 23.2 Å².